The number of hydrogen-bond donors (Lipinski definition) is 1. The van der Waals surface area contributed by atoms with Gasteiger partial charge in [-0.1, -0.05) is 0 Å². The third kappa shape index (κ3) is 3.63. The van der Waals surface area contributed by atoms with Crippen LogP contribution in [0.25, 0.3) is 0 Å². The number of carbonyl (C=O) groups excluding carboxylic acids is 1. The van der Waals surface area contributed by atoms with E-state index in [0.29, 0.717) is 5.92 Å². The van der Waals surface area contributed by atoms with Crippen molar-refractivity contribution in [3.8, 4) is 0 Å². The minimum atomic E-state index is -3.40. The Morgan fingerprint density at radius 2 is 2.14 bits per heavy atom. The molecular formula is C8H15NO4S. The Kier molecular flexibility index (Phi) is 3.49. The Morgan fingerprint density at radius 3 is 2.57 bits per heavy atom. The van der Waals surface area contributed by atoms with E-state index in [2.05, 4.69) is 4.74 Å². The van der Waals surface area contributed by atoms with E-state index in [1.807, 2.05) is 0 Å². The fourth-order valence-electron chi connectivity index (χ4n) is 1.25. The van der Waals surface area contributed by atoms with Crippen LogP contribution >= 0.6 is 0 Å². The highest BCUT2D eigenvalue weighted by Crippen LogP contribution is 2.32. The Hall–Kier alpha value is -0.620. The quantitative estimate of drug-likeness (QED) is 0.621. The Bertz CT molecular complexity index is 307. The topological polar surface area (TPSA) is 86.5 Å². The third-order valence-electron chi connectivity index (χ3n) is 2.24. The summed E-state index contributed by atoms with van der Waals surface area (Å²) < 4.78 is 27.0. The molecule has 1 saturated carbocycles. The lowest BCUT2D eigenvalue weighted by molar-refractivity contribution is -0.137. The third-order valence-corrected chi connectivity index (χ3v) is 3.81. The maximum atomic E-state index is 11.4. The van der Waals surface area contributed by atoms with Crippen LogP contribution in [0, 0.1) is 5.92 Å². The minimum Gasteiger partial charge on any atom is -0.468 e. The maximum Gasteiger partial charge on any atom is 0.320 e. The van der Waals surface area contributed by atoms with Gasteiger partial charge in [-0.25, -0.2) is 8.42 Å². The van der Waals surface area contributed by atoms with E-state index in [9.17, 15) is 13.2 Å². The summed E-state index contributed by atoms with van der Waals surface area (Å²) in [5.74, 6) is -1.09. The molecule has 0 saturated heterocycles. The van der Waals surface area contributed by atoms with Crippen LogP contribution in [0.1, 0.15) is 12.8 Å². The molecule has 0 aromatic carbocycles. The first-order valence-corrected chi connectivity index (χ1v) is 6.29. The molecule has 0 bridgehead atoms. The smallest absolute Gasteiger partial charge is 0.320 e. The van der Waals surface area contributed by atoms with Gasteiger partial charge in [0, 0.05) is 6.04 Å². The molecule has 1 rings (SSSR count). The van der Waals surface area contributed by atoms with Crippen LogP contribution < -0.4 is 5.73 Å². The first-order valence-electron chi connectivity index (χ1n) is 4.47. The fraction of sp³-hybridized carbons (Fsp3) is 0.875. The lowest BCUT2D eigenvalue weighted by atomic mass is 10.2. The molecule has 2 N–H and O–H groups in total. The van der Waals surface area contributed by atoms with E-state index in [4.69, 9.17) is 5.73 Å². The number of hydrogen-bond acceptors (Lipinski definition) is 5. The summed E-state index contributed by atoms with van der Waals surface area (Å²) in [6.45, 7) is 0. The van der Waals surface area contributed by atoms with Crippen molar-refractivity contribution in [3.05, 3.63) is 0 Å². The van der Waals surface area contributed by atoms with Gasteiger partial charge in [0.2, 0.25) is 0 Å². The number of methoxy groups -OCH3 is 1. The molecule has 0 aliphatic heterocycles. The van der Waals surface area contributed by atoms with Crippen LogP contribution in [0.4, 0.5) is 0 Å². The highest BCUT2D eigenvalue weighted by Gasteiger charge is 2.32. The zero-order valence-electron chi connectivity index (χ0n) is 8.10. The van der Waals surface area contributed by atoms with Gasteiger partial charge in [-0.15, -0.1) is 0 Å². The summed E-state index contributed by atoms with van der Waals surface area (Å²) in [6.07, 6.45) is 1.99. The van der Waals surface area contributed by atoms with Crippen LogP contribution in [-0.2, 0) is 19.4 Å². The van der Waals surface area contributed by atoms with E-state index < -0.39 is 21.6 Å². The molecule has 0 aromatic heterocycles. The Morgan fingerprint density at radius 1 is 1.57 bits per heavy atom. The number of ether oxygens (including phenoxy) is 1. The molecular weight excluding hydrogens is 206 g/mol. The highest BCUT2D eigenvalue weighted by atomic mass is 32.2. The van der Waals surface area contributed by atoms with Gasteiger partial charge >= 0.3 is 5.97 Å². The summed E-state index contributed by atoms with van der Waals surface area (Å²) >= 11 is 0. The average Bonchev–Trinajstić information content (AvgIpc) is 2.84. The molecule has 1 aliphatic carbocycles. The van der Waals surface area contributed by atoms with Crippen LogP contribution in [-0.4, -0.2) is 39.0 Å². The SMILES string of the molecule is COC(=O)CS(=O)(=O)CC(N)C1CC1. The van der Waals surface area contributed by atoms with Gasteiger partial charge in [0.05, 0.1) is 12.9 Å². The number of carbonyl (C=O) groups is 1. The summed E-state index contributed by atoms with van der Waals surface area (Å²) in [6, 6.07) is -0.329. The summed E-state index contributed by atoms with van der Waals surface area (Å²) in [5, 5.41) is 0. The highest BCUT2D eigenvalue weighted by molar-refractivity contribution is 7.92. The number of rotatable bonds is 5. The second-order valence-electron chi connectivity index (χ2n) is 3.63. The predicted molar refractivity (Wildman–Crippen MR) is 51.4 cm³/mol. The van der Waals surface area contributed by atoms with Crippen molar-refractivity contribution in [2.24, 2.45) is 11.7 Å². The molecule has 1 atom stereocenters. The van der Waals surface area contributed by atoms with Crippen molar-refractivity contribution < 1.29 is 17.9 Å². The molecule has 14 heavy (non-hydrogen) atoms. The summed E-state index contributed by atoms with van der Waals surface area (Å²) in [5.41, 5.74) is 5.65. The van der Waals surface area contributed by atoms with E-state index in [1.165, 1.54) is 7.11 Å². The molecule has 0 amide bonds. The standard InChI is InChI=1S/C8H15NO4S/c1-13-8(10)5-14(11,12)4-7(9)6-2-3-6/h6-7H,2-5,9H2,1H3. The zero-order valence-corrected chi connectivity index (χ0v) is 8.92. The first-order chi connectivity index (χ1) is 6.44. The molecule has 1 aliphatic rings. The van der Waals surface area contributed by atoms with Crippen molar-refractivity contribution in [1.29, 1.82) is 0 Å². The van der Waals surface area contributed by atoms with Crippen LogP contribution in [0.5, 0.6) is 0 Å². The number of nitrogens with two attached hydrogens (primary N) is 1. The van der Waals surface area contributed by atoms with E-state index in [0.717, 1.165) is 12.8 Å². The van der Waals surface area contributed by atoms with Gasteiger partial charge in [0.25, 0.3) is 0 Å². The largest absolute Gasteiger partial charge is 0.468 e. The molecule has 1 fully saturated rings. The molecule has 6 heteroatoms. The van der Waals surface area contributed by atoms with Crippen LogP contribution in [0.2, 0.25) is 0 Å². The normalized spacial score (nSPS) is 19.0. The lowest BCUT2D eigenvalue weighted by Crippen LogP contribution is -2.34. The summed E-state index contributed by atoms with van der Waals surface area (Å²) in [4.78, 5) is 10.8. The van der Waals surface area contributed by atoms with Crippen molar-refractivity contribution in [3.63, 3.8) is 0 Å². The van der Waals surface area contributed by atoms with Gasteiger partial charge in [0.15, 0.2) is 9.84 Å². The maximum absolute atomic E-state index is 11.4. The second kappa shape index (κ2) is 4.27. The minimum absolute atomic E-state index is 0.118. The molecule has 5 nitrogen and oxygen atoms in total. The molecule has 82 valence electrons. The molecule has 0 spiro atoms. The van der Waals surface area contributed by atoms with Crippen LogP contribution in [0.3, 0.4) is 0 Å². The first kappa shape index (κ1) is 11.5. The lowest BCUT2D eigenvalue weighted by Gasteiger charge is -2.09. The van der Waals surface area contributed by atoms with Gasteiger partial charge in [0.1, 0.15) is 5.75 Å². The number of sulfone groups is 1. The summed E-state index contributed by atoms with van der Waals surface area (Å²) in [7, 11) is -2.23. The van der Waals surface area contributed by atoms with Gasteiger partial charge in [-0.05, 0) is 18.8 Å². The van der Waals surface area contributed by atoms with Crippen LogP contribution in [0.15, 0.2) is 0 Å². The predicted octanol–water partition coefficient (Wildman–Crippen LogP) is -0.688. The fourth-order valence-corrected chi connectivity index (χ4v) is 2.70. The van der Waals surface area contributed by atoms with Gasteiger partial charge < -0.3 is 10.5 Å². The monoisotopic (exact) mass is 221 g/mol. The molecule has 1 unspecified atom stereocenters. The van der Waals surface area contributed by atoms with E-state index >= 15 is 0 Å². The Balaban J connectivity index is 2.44. The van der Waals surface area contributed by atoms with E-state index in [1.54, 1.807) is 0 Å². The van der Waals surface area contributed by atoms with Crippen molar-refractivity contribution in [2.45, 2.75) is 18.9 Å². The molecule has 0 aromatic rings. The second-order valence-corrected chi connectivity index (χ2v) is 5.74. The number of esters is 1. The molecule has 0 heterocycles. The van der Waals surface area contributed by atoms with Crippen molar-refractivity contribution in [1.82, 2.24) is 0 Å². The zero-order chi connectivity index (χ0) is 10.8. The van der Waals surface area contributed by atoms with Gasteiger partial charge in [-0.2, -0.15) is 0 Å². The van der Waals surface area contributed by atoms with E-state index in [-0.39, 0.29) is 11.8 Å². The molecule has 0 radical (unpaired) electrons. The van der Waals surface area contributed by atoms with Gasteiger partial charge in [-0.3, -0.25) is 4.79 Å². The Labute approximate surface area is 83.5 Å². The van der Waals surface area contributed by atoms with Crippen molar-refractivity contribution >= 4 is 15.8 Å². The average molecular weight is 221 g/mol. The van der Waals surface area contributed by atoms with Crippen molar-refractivity contribution in [2.75, 3.05) is 18.6 Å².